The van der Waals surface area contributed by atoms with E-state index in [4.69, 9.17) is 5.73 Å². The van der Waals surface area contributed by atoms with Gasteiger partial charge in [-0.3, -0.25) is 0 Å². The molecule has 1 aromatic heterocycles. The minimum atomic E-state index is -4.17. The van der Waals surface area contributed by atoms with Crippen LogP contribution in [0.25, 0.3) is 0 Å². The maximum Gasteiger partial charge on any atom is 0.330 e. The lowest BCUT2D eigenvalue weighted by Crippen LogP contribution is -2.32. The van der Waals surface area contributed by atoms with Gasteiger partial charge in [0.05, 0.1) is 0 Å². The summed E-state index contributed by atoms with van der Waals surface area (Å²) in [5.74, 6) is -3.90. The third kappa shape index (κ3) is 4.10. The van der Waals surface area contributed by atoms with Crippen LogP contribution in [-0.4, -0.2) is 28.9 Å². The van der Waals surface area contributed by atoms with E-state index in [0.717, 1.165) is 0 Å². The van der Waals surface area contributed by atoms with E-state index >= 15 is 0 Å². The molecular formula is C10H13F4N3O. The first kappa shape index (κ1) is 14.6. The molecule has 0 amide bonds. The van der Waals surface area contributed by atoms with Gasteiger partial charge in [0.1, 0.15) is 19.0 Å². The van der Waals surface area contributed by atoms with E-state index < -0.39 is 19.0 Å². The molecule has 0 atom stereocenters. The highest BCUT2D eigenvalue weighted by Crippen LogP contribution is 2.23. The van der Waals surface area contributed by atoms with Crippen LogP contribution in [0.15, 0.2) is 6.07 Å². The molecule has 8 heteroatoms. The molecule has 102 valence electrons. The molecule has 0 unspecified atom stereocenters. The molecule has 0 fully saturated rings. The fraction of sp³-hybridized carbons (Fsp3) is 0.600. The van der Waals surface area contributed by atoms with Crippen LogP contribution in [0.3, 0.4) is 0 Å². The fourth-order valence-electron chi connectivity index (χ4n) is 1.16. The minimum absolute atomic E-state index is 0.0944. The third-order valence-corrected chi connectivity index (χ3v) is 2.05. The van der Waals surface area contributed by atoms with E-state index in [2.05, 4.69) is 14.7 Å². The van der Waals surface area contributed by atoms with E-state index in [9.17, 15) is 17.6 Å². The standard InChI is InChI=1S/C10H13F4N3O/c1-2-6-3-7(15)17-8(16-6)4-18-5-10(13,14)9(11)12/h3,9H,2,4-5H2,1H3,(H2,15,16,17). The largest absolute Gasteiger partial charge is 0.384 e. The van der Waals surface area contributed by atoms with E-state index in [0.29, 0.717) is 12.1 Å². The Labute approximate surface area is 101 Å². The molecule has 0 aliphatic heterocycles. The van der Waals surface area contributed by atoms with Gasteiger partial charge < -0.3 is 10.5 Å². The highest BCUT2D eigenvalue weighted by atomic mass is 19.3. The van der Waals surface area contributed by atoms with Crippen molar-refractivity contribution in [2.24, 2.45) is 0 Å². The molecule has 0 aliphatic carbocycles. The van der Waals surface area contributed by atoms with Crippen molar-refractivity contribution in [3.8, 4) is 0 Å². The van der Waals surface area contributed by atoms with Gasteiger partial charge >= 0.3 is 12.3 Å². The fourth-order valence-corrected chi connectivity index (χ4v) is 1.16. The number of nitrogens with zero attached hydrogens (tertiary/aromatic N) is 2. The predicted octanol–water partition coefficient (Wildman–Crippen LogP) is 2.04. The SMILES string of the molecule is CCc1cc(N)nc(COCC(F)(F)C(F)F)n1. The van der Waals surface area contributed by atoms with Gasteiger partial charge in [-0.1, -0.05) is 6.92 Å². The number of hydrogen-bond donors (Lipinski definition) is 1. The zero-order valence-electron chi connectivity index (χ0n) is 9.67. The van der Waals surface area contributed by atoms with Crippen LogP contribution in [0.2, 0.25) is 0 Å². The average molecular weight is 267 g/mol. The Morgan fingerprint density at radius 3 is 2.61 bits per heavy atom. The molecule has 18 heavy (non-hydrogen) atoms. The summed E-state index contributed by atoms with van der Waals surface area (Å²) in [6.45, 7) is 0.0575. The monoisotopic (exact) mass is 267 g/mol. The van der Waals surface area contributed by atoms with E-state index in [1.54, 1.807) is 0 Å². The van der Waals surface area contributed by atoms with Crippen LogP contribution in [-0.2, 0) is 17.8 Å². The molecule has 0 saturated carbocycles. The molecule has 0 spiro atoms. The summed E-state index contributed by atoms with van der Waals surface area (Å²) in [4.78, 5) is 7.72. The number of anilines is 1. The minimum Gasteiger partial charge on any atom is -0.384 e. The highest BCUT2D eigenvalue weighted by Gasteiger charge is 2.40. The van der Waals surface area contributed by atoms with Crippen molar-refractivity contribution in [3.63, 3.8) is 0 Å². The molecule has 0 radical (unpaired) electrons. The number of rotatable bonds is 6. The Kier molecular flexibility index (Phi) is 4.83. The number of aromatic nitrogens is 2. The number of hydrogen-bond acceptors (Lipinski definition) is 4. The summed E-state index contributed by atoms with van der Waals surface area (Å²) < 4.78 is 53.2. The number of alkyl halides is 4. The zero-order valence-corrected chi connectivity index (χ0v) is 9.67. The van der Waals surface area contributed by atoms with Gasteiger partial charge in [-0.2, -0.15) is 8.78 Å². The van der Waals surface area contributed by atoms with Gasteiger partial charge in [0.15, 0.2) is 5.82 Å². The summed E-state index contributed by atoms with van der Waals surface area (Å²) >= 11 is 0. The van der Waals surface area contributed by atoms with Crippen LogP contribution in [0.4, 0.5) is 23.4 Å². The summed E-state index contributed by atoms with van der Waals surface area (Å²) in [6.07, 6.45) is -3.17. The molecule has 4 nitrogen and oxygen atoms in total. The van der Waals surface area contributed by atoms with Gasteiger partial charge in [0.25, 0.3) is 0 Å². The molecule has 2 N–H and O–H groups in total. The first-order valence-electron chi connectivity index (χ1n) is 5.21. The van der Waals surface area contributed by atoms with Crippen molar-refractivity contribution in [2.75, 3.05) is 12.3 Å². The van der Waals surface area contributed by atoms with Crippen LogP contribution >= 0.6 is 0 Å². The van der Waals surface area contributed by atoms with Crippen molar-refractivity contribution >= 4 is 5.82 Å². The second-order valence-corrected chi connectivity index (χ2v) is 3.61. The molecule has 1 heterocycles. The van der Waals surface area contributed by atoms with Crippen LogP contribution in [0.5, 0.6) is 0 Å². The molecule has 0 aromatic carbocycles. The van der Waals surface area contributed by atoms with Crippen molar-refractivity contribution < 1.29 is 22.3 Å². The van der Waals surface area contributed by atoms with Gasteiger partial charge in [-0.05, 0) is 6.42 Å². The topological polar surface area (TPSA) is 61.0 Å². The summed E-state index contributed by atoms with van der Waals surface area (Å²) in [6, 6.07) is 1.54. The Morgan fingerprint density at radius 2 is 2.06 bits per heavy atom. The molecule has 0 bridgehead atoms. The Hall–Kier alpha value is -1.44. The number of nitrogens with two attached hydrogens (primary N) is 1. The molecule has 0 saturated heterocycles. The smallest absolute Gasteiger partial charge is 0.330 e. The van der Waals surface area contributed by atoms with Crippen molar-refractivity contribution in [2.45, 2.75) is 32.3 Å². The Bertz CT molecular complexity index is 401. The van der Waals surface area contributed by atoms with Crippen molar-refractivity contribution in [1.29, 1.82) is 0 Å². The summed E-state index contributed by atoms with van der Waals surface area (Å²) in [7, 11) is 0. The molecular weight excluding hydrogens is 254 g/mol. The lowest BCUT2D eigenvalue weighted by Gasteiger charge is -2.14. The van der Waals surface area contributed by atoms with Crippen LogP contribution < -0.4 is 5.73 Å². The maximum absolute atomic E-state index is 12.5. The van der Waals surface area contributed by atoms with Gasteiger partial charge in [0.2, 0.25) is 0 Å². The van der Waals surface area contributed by atoms with E-state index in [1.807, 2.05) is 6.92 Å². The van der Waals surface area contributed by atoms with Crippen molar-refractivity contribution in [3.05, 3.63) is 17.6 Å². The van der Waals surface area contributed by atoms with E-state index in [-0.39, 0.29) is 18.2 Å². The quantitative estimate of drug-likeness (QED) is 0.801. The van der Waals surface area contributed by atoms with E-state index in [1.165, 1.54) is 6.07 Å². The van der Waals surface area contributed by atoms with Gasteiger partial charge in [0, 0.05) is 11.8 Å². The average Bonchev–Trinajstić information content (AvgIpc) is 2.27. The summed E-state index contributed by atoms with van der Waals surface area (Å²) in [5.41, 5.74) is 6.09. The lowest BCUT2D eigenvalue weighted by atomic mass is 10.3. The second kappa shape index (κ2) is 5.94. The number of nitrogen functional groups attached to an aromatic ring is 1. The Morgan fingerprint density at radius 1 is 1.39 bits per heavy atom. The number of aryl methyl sites for hydroxylation is 1. The van der Waals surface area contributed by atoms with Crippen molar-refractivity contribution in [1.82, 2.24) is 9.97 Å². The predicted molar refractivity (Wildman–Crippen MR) is 56.4 cm³/mol. The second-order valence-electron chi connectivity index (χ2n) is 3.61. The third-order valence-electron chi connectivity index (χ3n) is 2.05. The highest BCUT2D eigenvalue weighted by molar-refractivity contribution is 5.29. The number of halogens is 4. The molecule has 1 aromatic rings. The van der Waals surface area contributed by atoms with Crippen LogP contribution in [0, 0.1) is 0 Å². The molecule has 1 rings (SSSR count). The van der Waals surface area contributed by atoms with Gasteiger partial charge in [-0.25, -0.2) is 18.7 Å². The Balaban J connectivity index is 2.56. The normalized spacial score (nSPS) is 12.1. The van der Waals surface area contributed by atoms with Crippen LogP contribution in [0.1, 0.15) is 18.4 Å². The first-order chi connectivity index (χ1) is 8.35. The first-order valence-corrected chi connectivity index (χ1v) is 5.21. The molecule has 0 aliphatic rings. The van der Waals surface area contributed by atoms with Gasteiger partial charge in [-0.15, -0.1) is 0 Å². The summed E-state index contributed by atoms with van der Waals surface area (Å²) in [5, 5.41) is 0. The maximum atomic E-state index is 12.5. The number of ether oxygens (including phenoxy) is 1. The lowest BCUT2D eigenvalue weighted by molar-refractivity contribution is -0.168. The zero-order chi connectivity index (χ0) is 13.8.